The van der Waals surface area contributed by atoms with E-state index in [0.717, 1.165) is 6.07 Å². The van der Waals surface area contributed by atoms with Gasteiger partial charge in [0.25, 0.3) is 0 Å². The number of carboxylic acid groups (broad SMARTS) is 1. The van der Waals surface area contributed by atoms with E-state index in [2.05, 4.69) is 9.97 Å². The van der Waals surface area contributed by atoms with Crippen LogP contribution in [0.25, 0.3) is 0 Å². The van der Waals surface area contributed by atoms with E-state index in [1.807, 2.05) is 0 Å². The first-order valence-electron chi connectivity index (χ1n) is 5.27. The summed E-state index contributed by atoms with van der Waals surface area (Å²) in [5, 5.41) is 8.69. The van der Waals surface area contributed by atoms with E-state index in [1.54, 1.807) is 0 Å². The topological polar surface area (TPSA) is 63.1 Å². The Kier molecular flexibility index (Phi) is 3.93. The van der Waals surface area contributed by atoms with E-state index in [1.165, 1.54) is 30.6 Å². The molecule has 20 heavy (non-hydrogen) atoms. The highest BCUT2D eigenvalue weighted by atomic mass is 32.2. The molecule has 2 aromatic heterocycles. The third kappa shape index (κ3) is 3.27. The lowest BCUT2D eigenvalue weighted by atomic mass is 10.3. The van der Waals surface area contributed by atoms with Crippen LogP contribution in [0.15, 0.2) is 46.7 Å². The summed E-state index contributed by atoms with van der Waals surface area (Å²) in [6.45, 7) is 0. The van der Waals surface area contributed by atoms with Crippen molar-refractivity contribution in [2.24, 2.45) is 0 Å². The summed E-state index contributed by atoms with van der Waals surface area (Å²) in [4.78, 5) is 18.3. The molecule has 104 valence electrons. The summed E-state index contributed by atoms with van der Waals surface area (Å²) in [6, 6.07) is 4.56. The molecule has 0 bridgehead atoms. The van der Waals surface area contributed by atoms with Crippen molar-refractivity contribution in [3.05, 3.63) is 47.8 Å². The van der Waals surface area contributed by atoms with Crippen LogP contribution >= 0.6 is 11.8 Å². The number of pyridine rings is 2. The van der Waals surface area contributed by atoms with Gasteiger partial charge >= 0.3 is 12.1 Å². The molecule has 0 radical (unpaired) electrons. The molecule has 2 heterocycles. The molecule has 2 aromatic rings. The first-order chi connectivity index (χ1) is 9.38. The van der Waals surface area contributed by atoms with Gasteiger partial charge in [0.2, 0.25) is 0 Å². The van der Waals surface area contributed by atoms with Crippen LogP contribution in [0.4, 0.5) is 13.2 Å². The van der Waals surface area contributed by atoms with Crippen LogP contribution in [0, 0.1) is 0 Å². The van der Waals surface area contributed by atoms with Crippen molar-refractivity contribution < 1.29 is 23.1 Å². The van der Waals surface area contributed by atoms with Gasteiger partial charge in [-0.3, -0.25) is 0 Å². The van der Waals surface area contributed by atoms with E-state index in [-0.39, 0.29) is 15.6 Å². The fraction of sp³-hybridized carbons (Fsp3) is 0.0833. The smallest absolute Gasteiger partial charge is 0.419 e. The Morgan fingerprint density at radius 2 is 1.95 bits per heavy atom. The molecule has 0 saturated carbocycles. The molecule has 0 aliphatic carbocycles. The van der Waals surface area contributed by atoms with E-state index in [9.17, 15) is 18.0 Å². The summed E-state index contributed by atoms with van der Waals surface area (Å²) in [7, 11) is 0. The molecular weight excluding hydrogens is 293 g/mol. The molecule has 0 spiro atoms. The maximum absolute atomic E-state index is 12.8. The molecule has 2 rings (SSSR count). The predicted molar refractivity (Wildman–Crippen MR) is 64.6 cm³/mol. The first kappa shape index (κ1) is 14.3. The first-order valence-corrected chi connectivity index (χ1v) is 6.09. The number of hydrogen-bond acceptors (Lipinski definition) is 4. The molecule has 4 nitrogen and oxygen atoms in total. The van der Waals surface area contributed by atoms with Gasteiger partial charge in [0.15, 0.2) is 0 Å². The molecule has 0 aliphatic rings. The number of hydrogen-bond donors (Lipinski definition) is 1. The monoisotopic (exact) mass is 300 g/mol. The standard InChI is InChI=1S/C12H7F3N2O2S/c13-12(14,15)8-2-1-4-17-10(8)20-9-6-7(11(18)19)3-5-16-9/h1-6H,(H,18,19). The summed E-state index contributed by atoms with van der Waals surface area (Å²) in [5.41, 5.74) is -0.931. The second kappa shape index (κ2) is 5.49. The number of carboxylic acids is 1. The summed E-state index contributed by atoms with van der Waals surface area (Å²) >= 11 is 0.667. The molecule has 8 heteroatoms. The zero-order valence-corrected chi connectivity index (χ0v) is 10.6. The second-order valence-corrected chi connectivity index (χ2v) is 4.65. The second-order valence-electron chi connectivity index (χ2n) is 3.64. The number of alkyl halides is 3. The normalized spacial score (nSPS) is 11.3. The molecule has 0 atom stereocenters. The molecule has 0 aromatic carbocycles. The highest BCUT2D eigenvalue weighted by Crippen LogP contribution is 2.37. The Hall–Kier alpha value is -2.09. The Labute approximate surface area is 115 Å². The van der Waals surface area contributed by atoms with E-state index < -0.39 is 17.7 Å². The number of aromatic carboxylic acids is 1. The molecule has 0 saturated heterocycles. The molecule has 0 fully saturated rings. The summed E-state index contributed by atoms with van der Waals surface area (Å²) in [6.07, 6.45) is -2.07. The van der Waals surface area contributed by atoms with Crippen LogP contribution in [-0.2, 0) is 6.18 Å². The van der Waals surface area contributed by atoms with Gasteiger partial charge in [-0.1, -0.05) is 0 Å². The number of nitrogens with zero attached hydrogens (tertiary/aromatic N) is 2. The summed E-state index contributed by atoms with van der Waals surface area (Å²) in [5.74, 6) is -1.17. The van der Waals surface area contributed by atoms with Crippen LogP contribution in [0.1, 0.15) is 15.9 Å². The number of carbonyl (C=O) groups is 1. The van der Waals surface area contributed by atoms with Gasteiger partial charge in [-0.15, -0.1) is 0 Å². The third-order valence-corrected chi connectivity index (χ3v) is 3.21. The van der Waals surface area contributed by atoms with Crippen molar-refractivity contribution in [2.75, 3.05) is 0 Å². The highest BCUT2D eigenvalue weighted by molar-refractivity contribution is 7.99. The van der Waals surface area contributed by atoms with Gasteiger partial charge in [-0.25, -0.2) is 14.8 Å². The van der Waals surface area contributed by atoms with Gasteiger partial charge in [0.1, 0.15) is 10.1 Å². The zero-order chi connectivity index (χ0) is 14.8. The predicted octanol–water partition coefficient (Wildman–Crippen LogP) is 3.34. The van der Waals surface area contributed by atoms with Gasteiger partial charge < -0.3 is 5.11 Å². The Balaban J connectivity index is 2.36. The highest BCUT2D eigenvalue weighted by Gasteiger charge is 2.34. The van der Waals surface area contributed by atoms with Crippen molar-refractivity contribution in [3.63, 3.8) is 0 Å². The molecular formula is C12H7F3N2O2S. The van der Waals surface area contributed by atoms with Gasteiger partial charge in [0, 0.05) is 12.4 Å². The Bertz CT molecular complexity index is 647. The maximum atomic E-state index is 12.8. The number of aromatic nitrogens is 2. The van der Waals surface area contributed by atoms with Gasteiger partial charge in [-0.2, -0.15) is 13.2 Å². The van der Waals surface area contributed by atoms with Crippen molar-refractivity contribution in [1.82, 2.24) is 9.97 Å². The van der Waals surface area contributed by atoms with Crippen molar-refractivity contribution in [1.29, 1.82) is 0 Å². The zero-order valence-electron chi connectivity index (χ0n) is 9.76. The Morgan fingerprint density at radius 1 is 1.20 bits per heavy atom. The average Bonchev–Trinajstić information content (AvgIpc) is 2.38. The van der Waals surface area contributed by atoms with Crippen molar-refractivity contribution in [2.45, 2.75) is 16.2 Å². The lowest BCUT2D eigenvalue weighted by Gasteiger charge is -2.10. The Morgan fingerprint density at radius 3 is 2.60 bits per heavy atom. The minimum absolute atomic E-state index is 0.0491. The maximum Gasteiger partial charge on any atom is 0.419 e. The number of halogens is 3. The van der Waals surface area contributed by atoms with E-state index >= 15 is 0 Å². The third-order valence-electron chi connectivity index (χ3n) is 2.26. The molecule has 0 aliphatic heterocycles. The van der Waals surface area contributed by atoms with E-state index in [0.29, 0.717) is 11.8 Å². The van der Waals surface area contributed by atoms with Crippen LogP contribution in [-0.4, -0.2) is 21.0 Å². The van der Waals surface area contributed by atoms with Crippen LogP contribution < -0.4 is 0 Å². The molecule has 0 amide bonds. The number of rotatable bonds is 3. The van der Waals surface area contributed by atoms with Gasteiger partial charge in [-0.05, 0) is 36.0 Å². The van der Waals surface area contributed by atoms with Crippen molar-refractivity contribution in [3.8, 4) is 0 Å². The molecule has 0 unspecified atom stereocenters. The lowest BCUT2D eigenvalue weighted by molar-refractivity contribution is -0.140. The lowest BCUT2D eigenvalue weighted by Crippen LogP contribution is -2.07. The average molecular weight is 300 g/mol. The van der Waals surface area contributed by atoms with Gasteiger partial charge in [0.05, 0.1) is 11.1 Å². The van der Waals surface area contributed by atoms with Crippen LogP contribution in [0.5, 0.6) is 0 Å². The summed E-state index contributed by atoms with van der Waals surface area (Å²) < 4.78 is 38.4. The van der Waals surface area contributed by atoms with E-state index in [4.69, 9.17) is 5.11 Å². The minimum Gasteiger partial charge on any atom is -0.478 e. The SMILES string of the molecule is O=C(O)c1ccnc(Sc2ncccc2C(F)(F)F)c1. The minimum atomic E-state index is -4.53. The quantitative estimate of drug-likeness (QED) is 0.942. The largest absolute Gasteiger partial charge is 0.478 e. The van der Waals surface area contributed by atoms with Crippen LogP contribution in [0.3, 0.4) is 0 Å². The fourth-order valence-corrected chi connectivity index (χ4v) is 2.29. The van der Waals surface area contributed by atoms with Crippen LogP contribution in [0.2, 0.25) is 0 Å². The molecule has 1 N–H and O–H groups in total. The van der Waals surface area contributed by atoms with Crippen molar-refractivity contribution >= 4 is 17.7 Å². The fourth-order valence-electron chi connectivity index (χ4n) is 1.39.